The lowest BCUT2D eigenvalue weighted by Gasteiger charge is -2.14. The van der Waals surface area contributed by atoms with E-state index in [0.29, 0.717) is 28.9 Å². The second kappa shape index (κ2) is 13.0. The van der Waals surface area contributed by atoms with Crippen molar-refractivity contribution in [1.29, 1.82) is 0 Å². The molecule has 4 rings (SSSR count). The molecule has 0 saturated heterocycles. The van der Waals surface area contributed by atoms with E-state index in [0.717, 1.165) is 22.8 Å². The number of aromatic nitrogens is 3. The number of methoxy groups -OCH3 is 2. The van der Waals surface area contributed by atoms with Gasteiger partial charge in [-0.15, -0.1) is 10.2 Å². The average molecular weight is 545 g/mol. The maximum absolute atomic E-state index is 13.0. The molecular weight excluding hydrogens is 512 g/mol. The molecule has 0 spiro atoms. The molecule has 1 atom stereocenters. The number of nitrogens with zero attached hydrogens (tertiary/aromatic N) is 4. The van der Waals surface area contributed by atoms with E-state index >= 15 is 0 Å². The molecule has 0 aliphatic rings. The highest BCUT2D eigenvalue weighted by atomic mass is 32.2. The Bertz CT molecular complexity index is 1440. The van der Waals surface area contributed by atoms with Crippen LogP contribution in [0.25, 0.3) is 5.69 Å². The fraction of sp³-hybridized carbons (Fsp3) is 0.241. The van der Waals surface area contributed by atoms with Gasteiger partial charge in [-0.1, -0.05) is 47.7 Å². The summed E-state index contributed by atoms with van der Waals surface area (Å²) in [5, 5.41) is 16.7. The molecule has 9 nitrogen and oxygen atoms in total. The van der Waals surface area contributed by atoms with Crippen LogP contribution in [-0.4, -0.2) is 45.9 Å². The molecule has 39 heavy (non-hydrogen) atoms. The van der Waals surface area contributed by atoms with Crippen molar-refractivity contribution in [3.63, 3.8) is 0 Å². The first-order valence-corrected chi connectivity index (χ1v) is 13.3. The van der Waals surface area contributed by atoms with Gasteiger partial charge in [0.05, 0.1) is 31.7 Å². The third kappa shape index (κ3) is 6.97. The van der Waals surface area contributed by atoms with Crippen LogP contribution in [0.4, 0.5) is 5.69 Å². The van der Waals surface area contributed by atoms with Gasteiger partial charge in [0, 0.05) is 23.0 Å². The number of hydrogen-bond acceptors (Lipinski definition) is 8. The van der Waals surface area contributed by atoms with Crippen molar-refractivity contribution in [3.05, 3.63) is 89.7 Å². The van der Waals surface area contributed by atoms with E-state index in [9.17, 15) is 4.79 Å². The van der Waals surface area contributed by atoms with Crippen molar-refractivity contribution in [2.75, 3.05) is 19.5 Å². The molecule has 202 valence electrons. The van der Waals surface area contributed by atoms with Crippen molar-refractivity contribution in [3.8, 4) is 17.2 Å². The molecule has 2 N–H and O–H groups in total. The van der Waals surface area contributed by atoms with E-state index in [1.54, 1.807) is 20.3 Å². The molecule has 0 bridgehead atoms. The molecule has 1 amide bonds. The molecule has 1 aromatic heterocycles. The highest BCUT2D eigenvalue weighted by Crippen LogP contribution is 2.27. The van der Waals surface area contributed by atoms with E-state index < -0.39 is 5.25 Å². The number of anilines is 1. The van der Waals surface area contributed by atoms with E-state index in [4.69, 9.17) is 9.47 Å². The number of carbonyl (C=O) groups is 1. The van der Waals surface area contributed by atoms with Crippen molar-refractivity contribution in [1.82, 2.24) is 20.2 Å². The first kappa shape index (κ1) is 27.7. The summed E-state index contributed by atoms with van der Waals surface area (Å²) in [6.07, 6.45) is 0. The topological polar surface area (TPSA) is 103 Å². The molecule has 0 fully saturated rings. The number of rotatable bonds is 11. The number of hydrazone groups is 1. The molecule has 1 unspecified atom stereocenters. The standard InChI is InChI=1S/C29H32N6O3S/c1-19-11-13-22(14-12-19)30-18-27-32-34-29(35(27)23-9-7-6-8-10-23)39-21(3)28(36)33-31-20(2)25-16-15-24(37-4)17-26(25)38-5/h6-17,21,30H,18H2,1-5H3,(H,33,36)/b31-20+. The van der Waals surface area contributed by atoms with Gasteiger partial charge in [-0.3, -0.25) is 9.36 Å². The summed E-state index contributed by atoms with van der Waals surface area (Å²) in [7, 11) is 3.17. The Hall–Kier alpha value is -4.31. The summed E-state index contributed by atoms with van der Waals surface area (Å²) >= 11 is 1.32. The number of para-hydroxylation sites is 1. The van der Waals surface area contributed by atoms with Crippen LogP contribution in [0.1, 0.15) is 30.8 Å². The number of hydrogen-bond donors (Lipinski definition) is 2. The zero-order valence-electron chi connectivity index (χ0n) is 22.6. The van der Waals surface area contributed by atoms with E-state index in [-0.39, 0.29) is 5.91 Å². The van der Waals surface area contributed by atoms with Crippen LogP contribution in [0.5, 0.6) is 11.5 Å². The summed E-state index contributed by atoms with van der Waals surface area (Å²) in [6, 6.07) is 23.5. The third-order valence-electron chi connectivity index (χ3n) is 6.00. The zero-order chi connectivity index (χ0) is 27.8. The Kier molecular flexibility index (Phi) is 9.22. The number of carbonyl (C=O) groups excluding carboxylic acids is 1. The quantitative estimate of drug-likeness (QED) is 0.151. The summed E-state index contributed by atoms with van der Waals surface area (Å²) in [5.74, 6) is 1.76. The lowest BCUT2D eigenvalue weighted by atomic mass is 10.1. The van der Waals surface area contributed by atoms with Crippen LogP contribution < -0.4 is 20.2 Å². The fourth-order valence-corrected chi connectivity index (χ4v) is 4.66. The molecule has 0 aliphatic heterocycles. The Labute approximate surface area is 232 Å². The van der Waals surface area contributed by atoms with Gasteiger partial charge < -0.3 is 14.8 Å². The van der Waals surface area contributed by atoms with Crippen LogP contribution >= 0.6 is 11.8 Å². The van der Waals surface area contributed by atoms with Crippen molar-refractivity contribution in [2.24, 2.45) is 5.10 Å². The normalized spacial score (nSPS) is 12.1. The maximum atomic E-state index is 13.0. The molecule has 0 saturated carbocycles. The molecule has 0 aliphatic carbocycles. The lowest BCUT2D eigenvalue weighted by Crippen LogP contribution is -2.28. The van der Waals surface area contributed by atoms with Crippen LogP contribution in [0, 0.1) is 6.92 Å². The number of thioether (sulfide) groups is 1. The van der Waals surface area contributed by atoms with Gasteiger partial charge in [0.1, 0.15) is 11.5 Å². The SMILES string of the molecule is COc1ccc(/C(C)=N/NC(=O)C(C)Sc2nnc(CNc3ccc(C)cc3)n2-c2ccccc2)c(OC)c1. The van der Waals surface area contributed by atoms with Gasteiger partial charge >= 0.3 is 0 Å². The number of amides is 1. The molecule has 4 aromatic rings. The zero-order valence-corrected chi connectivity index (χ0v) is 23.5. The van der Waals surface area contributed by atoms with Gasteiger partial charge in [0.25, 0.3) is 5.91 Å². The molecule has 10 heteroatoms. The number of ether oxygens (including phenoxy) is 2. The summed E-state index contributed by atoms with van der Waals surface area (Å²) in [4.78, 5) is 13.0. The lowest BCUT2D eigenvalue weighted by molar-refractivity contribution is -0.120. The van der Waals surface area contributed by atoms with Crippen molar-refractivity contribution < 1.29 is 14.3 Å². The van der Waals surface area contributed by atoms with Crippen LogP contribution in [0.15, 0.2) is 83.1 Å². The molecule has 3 aromatic carbocycles. The third-order valence-corrected chi connectivity index (χ3v) is 7.04. The van der Waals surface area contributed by atoms with Gasteiger partial charge in [0.15, 0.2) is 11.0 Å². The first-order chi connectivity index (χ1) is 18.9. The van der Waals surface area contributed by atoms with Gasteiger partial charge in [0.2, 0.25) is 0 Å². The molecular formula is C29H32N6O3S. The van der Waals surface area contributed by atoms with Crippen LogP contribution in [-0.2, 0) is 11.3 Å². The van der Waals surface area contributed by atoms with E-state index in [1.807, 2.05) is 73.0 Å². The number of aryl methyl sites for hydroxylation is 1. The second-order valence-corrected chi connectivity index (χ2v) is 10.1. The average Bonchev–Trinajstić information content (AvgIpc) is 3.37. The molecule has 0 radical (unpaired) electrons. The highest BCUT2D eigenvalue weighted by Gasteiger charge is 2.21. The highest BCUT2D eigenvalue weighted by molar-refractivity contribution is 8.00. The van der Waals surface area contributed by atoms with Crippen LogP contribution in [0.3, 0.4) is 0 Å². The van der Waals surface area contributed by atoms with E-state index in [1.165, 1.54) is 17.3 Å². The maximum Gasteiger partial charge on any atom is 0.253 e. The Morgan fingerprint density at radius 1 is 1.03 bits per heavy atom. The first-order valence-electron chi connectivity index (χ1n) is 12.4. The predicted molar refractivity (Wildman–Crippen MR) is 155 cm³/mol. The van der Waals surface area contributed by atoms with Gasteiger partial charge in [-0.05, 0) is 57.2 Å². The molecule has 1 heterocycles. The minimum absolute atomic E-state index is 0.256. The largest absolute Gasteiger partial charge is 0.497 e. The summed E-state index contributed by atoms with van der Waals surface area (Å²) in [6.45, 7) is 6.15. The summed E-state index contributed by atoms with van der Waals surface area (Å²) < 4.78 is 12.7. The Morgan fingerprint density at radius 3 is 2.46 bits per heavy atom. The van der Waals surface area contributed by atoms with Crippen molar-refractivity contribution in [2.45, 2.75) is 37.7 Å². The minimum Gasteiger partial charge on any atom is -0.497 e. The Morgan fingerprint density at radius 2 is 1.77 bits per heavy atom. The number of benzene rings is 3. The summed E-state index contributed by atoms with van der Waals surface area (Å²) in [5.41, 5.74) is 7.14. The fourth-order valence-electron chi connectivity index (χ4n) is 3.78. The van der Waals surface area contributed by atoms with Crippen LogP contribution in [0.2, 0.25) is 0 Å². The monoisotopic (exact) mass is 544 g/mol. The second-order valence-electron chi connectivity index (χ2n) is 8.79. The predicted octanol–water partition coefficient (Wildman–Crippen LogP) is 5.23. The van der Waals surface area contributed by atoms with Gasteiger partial charge in [-0.2, -0.15) is 5.10 Å². The van der Waals surface area contributed by atoms with E-state index in [2.05, 4.69) is 45.1 Å². The van der Waals surface area contributed by atoms with Gasteiger partial charge in [-0.25, -0.2) is 5.43 Å². The smallest absolute Gasteiger partial charge is 0.253 e. The minimum atomic E-state index is -0.483. The number of nitrogens with one attached hydrogen (secondary N) is 2. The Balaban J connectivity index is 1.49. The van der Waals surface area contributed by atoms with Crippen molar-refractivity contribution >= 4 is 29.1 Å².